The lowest BCUT2D eigenvalue weighted by atomic mass is 10.1. The Labute approximate surface area is 127 Å². The van der Waals surface area contributed by atoms with Crippen molar-refractivity contribution in [2.24, 2.45) is 0 Å². The molecule has 0 radical (unpaired) electrons. The standard InChI is InChI=1S/C15H18FN3O3/c1-2-17-9-19(15(21)22)14(20)10-7-11(16)13(8-12(10)17)18-5-3-4-6-18/h7-8H,2-6,9H2,1H3,(H,21,22). The largest absolute Gasteiger partial charge is 0.465 e. The van der Waals surface area contributed by atoms with Crippen LogP contribution in [0.5, 0.6) is 0 Å². The van der Waals surface area contributed by atoms with Crippen LogP contribution in [-0.4, -0.2) is 48.3 Å². The topological polar surface area (TPSA) is 64.1 Å². The molecule has 1 N–H and O–H groups in total. The van der Waals surface area contributed by atoms with Gasteiger partial charge in [-0.3, -0.25) is 4.79 Å². The number of fused-ring (bicyclic) bond motifs is 1. The second-order valence-corrected chi connectivity index (χ2v) is 5.53. The monoisotopic (exact) mass is 307 g/mol. The highest BCUT2D eigenvalue weighted by Crippen LogP contribution is 2.34. The molecule has 2 amide bonds. The number of hydrogen-bond acceptors (Lipinski definition) is 4. The number of carbonyl (C=O) groups is 2. The van der Waals surface area contributed by atoms with Gasteiger partial charge in [0.15, 0.2) is 0 Å². The first-order chi connectivity index (χ1) is 10.5. The summed E-state index contributed by atoms with van der Waals surface area (Å²) in [4.78, 5) is 27.9. The van der Waals surface area contributed by atoms with Crippen molar-refractivity contribution < 1.29 is 19.1 Å². The van der Waals surface area contributed by atoms with Crippen molar-refractivity contribution in [1.29, 1.82) is 0 Å². The average Bonchev–Trinajstić information content (AvgIpc) is 3.01. The molecule has 0 aliphatic carbocycles. The number of nitrogens with zero attached hydrogens (tertiary/aromatic N) is 3. The fourth-order valence-corrected chi connectivity index (χ4v) is 3.06. The van der Waals surface area contributed by atoms with E-state index in [0.29, 0.717) is 22.8 Å². The molecule has 1 fully saturated rings. The number of amides is 2. The Morgan fingerprint density at radius 2 is 1.95 bits per heavy atom. The second-order valence-electron chi connectivity index (χ2n) is 5.53. The summed E-state index contributed by atoms with van der Waals surface area (Å²) in [6.45, 7) is 3.99. The van der Waals surface area contributed by atoms with Gasteiger partial charge in [-0.05, 0) is 31.9 Å². The van der Waals surface area contributed by atoms with Crippen LogP contribution < -0.4 is 9.80 Å². The zero-order valence-corrected chi connectivity index (χ0v) is 12.4. The van der Waals surface area contributed by atoms with E-state index in [1.807, 2.05) is 11.8 Å². The van der Waals surface area contributed by atoms with Crippen LogP contribution >= 0.6 is 0 Å². The third-order valence-electron chi connectivity index (χ3n) is 4.25. The molecule has 2 aliphatic rings. The van der Waals surface area contributed by atoms with Gasteiger partial charge >= 0.3 is 6.09 Å². The van der Waals surface area contributed by atoms with E-state index >= 15 is 0 Å². The van der Waals surface area contributed by atoms with Crippen molar-refractivity contribution in [3.8, 4) is 0 Å². The van der Waals surface area contributed by atoms with E-state index in [0.717, 1.165) is 25.9 Å². The van der Waals surface area contributed by atoms with Crippen molar-refractivity contribution in [2.75, 3.05) is 36.1 Å². The number of anilines is 2. The zero-order valence-electron chi connectivity index (χ0n) is 12.4. The van der Waals surface area contributed by atoms with Crippen molar-refractivity contribution in [3.05, 3.63) is 23.5 Å². The molecule has 1 aromatic rings. The third-order valence-corrected chi connectivity index (χ3v) is 4.25. The number of carbonyl (C=O) groups excluding carboxylic acids is 1. The Kier molecular flexibility index (Phi) is 3.64. The lowest BCUT2D eigenvalue weighted by Gasteiger charge is -2.35. The molecule has 118 valence electrons. The molecule has 0 saturated carbocycles. The Bertz CT molecular complexity index is 629. The summed E-state index contributed by atoms with van der Waals surface area (Å²) >= 11 is 0. The normalized spacial score (nSPS) is 17.9. The first kappa shape index (κ1) is 14.6. The Hall–Kier alpha value is -2.31. The first-order valence-electron chi connectivity index (χ1n) is 7.41. The van der Waals surface area contributed by atoms with Crippen molar-refractivity contribution in [2.45, 2.75) is 19.8 Å². The average molecular weight is 307 g/mol. The molecule has 0 bridgehead atoms. The number of benzene rings is 1. The first-order valence-corrected chi connectivity index (χ1v) is 7.41. The minimum atomic E-state index is -1.32. The van der Waals surface area contributed by atoms with Crippen LogP contribution in [-0.2, 0) is 0 Å². The minimum Gasteiger partial charge on any atom is -0.465 e. The predicted octanol–water partition coefficient (Wildman–Crippen LogP) is 2.34. The summed E-state index contributed by atoms with van der Waals surface area (Å²) in [5.41, 5.74) is 1.20. The van der Waals surface area contributed by atoms with Gasteiger partial charge in [0.25, 0.3) is 5.91 Å². The van der Waals surface area contributed by atoms with Gasteiger partial charge in [-0.2, -0.15) is 0 Å². The Morgan fingerprint density at radius 3 is 2.55 bits per heavy atom. The number of halogens is 1. The molecule has 2 aliphatic heterocycles. The summed E-state index contributed by atoms with van der Waals surface area (Å²) in [5, 5.41) is 9.12. The molecule has 6 nitrogen and oxygen atoms in total. The van der Waals surface area contributed by atoms with Crippen molar-refractivity contribution in [1.82, 2.24) is 4.90 Å². The quantitative estimate of drug-likeness (QED) is 0.908. The number of rotatable bonds is 2. The molecule has 3 rings (SSSR count). The van der Waals surface area contributed by atoms with E-state index in [2.05, 4.69) is 0 Å². The molecule has 2 heterocycles. The number of imide groups is 1. The fraction of sp³-hybridized carbons (Fsp3) is 0.467. The maximum absolute atomic E-state index is 14.4. The number of carboxylic acid groups (broad SMARTS) is 1. The van der Waals surface area contributed by atoms with Crippen LogP contribution in [0, 0.1) is 5.82 Å². The van der Waals surface area contributed by atoms with Crippen LogP contribution in [0.25, 0.3) is 0 Å². The molecule has 1 saturated heterocycles. The van der Waals surface area contributed by atoms with Gasteiger partial charge in [-0.1, -0.05) is 0 Å². The van der Waals surface area contributed by atoms with Gasteiger partial charge in [-0.15, -0.1) is 0 Å². The van der Waals surface area contributed by atoms with Crippen LogP contribution in [0.4, 0.5) is 20.6 Å². The van der Waals surface area contributed by atoms with E-state index in [4.69, 9.17) is 5.11 Å². The van der Waals surface area contributed by atoms with Crippen LogP contribution in [0.2, 0.25) is 0 Å². The van der Waals surface area contributed by atoms with E-state index < -0.39 is 17.8 Å². The molecule has 0 spiro atoms. The maximum atomic E-state index is 14.4. The molecular formula is C15H18FN3O3. The molecular weight excluding hydrogens is 289 g/mol. The van der Waals surface area contributed by atoms with E-state index in [1.54, 1.807) is 11.0 Å². The fourth-order valence-electron chi connectivity index (χ4n) is 3.06. The van der Waals surface area contributed by atoms with Gasteiger partial charge in [0.1, 0.15) is 12.5 Å². The van der Waals surface area contributed by atoms with Crippen LogP contribution in [0.15, 0.2) is 12.1 Å². The Morgan fingerprint density at radius 1 is 1.27 bits per heavy atom. The van der Waals surface area contributed by atoms with E-state index in [-0.39, 0.29) is 12.2 Å². The SMILES string of the molecule is CCN1CN(C(=O)O)C(=O)c2cc(F)c(N3CCCC3)cc21. The lowest BCUT2D eigenvalue weighted by molar-refractivity contribution is 0.0728. The lowest BCUT2D eigenvalue weighted by Crippen LogP contribution is -2.49. The molecule has 22 heavy (non-hydrogen) atoms. The maximum Gasteiger partial charge on any atom is 0.415 e. The van der Waals surface area contributed by atoms with Gasteiger partial charge in [-0.25, -0.2) is 14.1 Å². The summed E-state index contributed by atoms with van der Waals surface area (Å²) in [6, 6.07) is 2.85. The van der Waals surface area contributed by atoms with E-state index in [9.17, 15) is 14.0 Å². The predicted molar refractivity (Wildman–Crippen MR) is 79.9 cm³/mol. The van der Waals surface area contributed by atoms with E-state index in [1.165, 1.54) is 6.07 Å². The highest BCUT2D eigenvalue weighted by molar-refractivity contribution is 6.08. The minimum absolute atomic E-state index is 0.0251. The van der Waals surface area contributed by atoms with Gasteiger partial charge < -0.3 is 14.9 Å². The number of hydrogen-bond donors (Lipinski definition) is 1. The molecule has 1 aromatic carbocycles. The summed E-state index contributed by atoms with van der Waals surface area (Å²) in [7, 11) is 0. The second kappa shape index (κ2) is 5.47. The smallest absolute Gasteiger partial charge is 0.415 e. The molecule has 0 unspecified atom stereocenters. The zero-order chi connectivity index (χ0) is 15.9. The summed E-state index contributed by atoms with van der Waals surface area (Å²) in [5.74, 6) is -1.14. The molecule has 0 atom stereocenters. The summed E-state index contributed by atoms with van der Waals surface area (Å²) in [6.07, 6.45) is 0.734. The summed E-state index contributed by atoms with van der Waals surface area (Å²) < 4.78 is 14.4. The van der Waals surface area contributed by atoms with Crippen LogP contribution in [0.3, 0.4) is 0 Å². The highest BCUT2D eigenvalue weighted by Gasteiger charge is 2.34. The Balaban J connectivity index is 2.07. The van der Waals surface area contributed by atoms with Crippen LogP contribution in [0.1, 0.15) is 30.1 Å². The molecule has 7 heteroatoms. The van der Waals surface area contributed by atoms with Crippen molar-refractivity contribution in [3.63, 3.8) is 0 Å². The van der Waals surface area contributed by atoms with Gasteiger partial charge in [0, 0.05) is 19.6 Å². The van der Waals surface area contributed by atoms with Gasteiger partial charge in [0.05, 0.1) is 16.9 Å². The third kappa shape index (κ3) is 2.26. The highest BCUT2D eigenvalue weighted by atomic mass is 19.1. The van der Waals surface area contributed by atoms with Crippen molar-refractivity contribution >= 4 is 23.4 Å². The van der Waals surface area contributed by atoms with Gasteiger partial charge in [0.2, 0.25) is 0 Å². The molecule has 0 aromatic heterocycles.